The Balaban J connectivity index is 1.93. The number of carbonyl (C=O) groups is 1. The topological polar surface area (TPSA) is 53.6 Å². The molecule has 2 aromatic carbocycles. The van der Waals surface area contributed by atoms with Gasteiger partial charge in [0, 0.05) is 18.3 Å². The van der Waals surface area contributed by atoms with Gasteiger partial charge in [0.2, 0.25) is 0 Å². The van der Waals surface area contributed by atoms with Crippen molar-refractivity contribution in [2.45, 2.75) is 39.0 Å². The van der Waals surface area contributed by atoms with E-state index >= 15 is 0 Å². The van der Waals surface area contributed by atoms with Crippen LogP contribution in [0.3, 0.4) is 0 Å². The molecule has 0 saturated carbocycles. The summed E-state index contributed by atoms with van der Waals surface area (Å²) < 4.78 is 5.36. The second kappa shape index (κ2) is 13.5. The first kappa shape index (κ1) is 28.5. The van der Waals surface area contributed by atoms with Crippen molar-refractivity contribution in [3.63, 3.8) is 0 Å². The molecule has 0 bridgehead atoms. The van der Waals surface area contributed by atoms with Crippen LogP contribution in [-0.4, -0.2) is 25.0 Å². The lowest BCUT2D eigenvalue weighted by molar-refractivity contribution is -0.122. The summed E-state index contributed by atoms with van der Waals surface area (Å²) in [6.07, 6.45) is 15.2. The van der Waals surface area contributed by atoms with Gasteiger partial charge in [-0.25, -0.2) is 0 Å². The van der Waals surface area contributed by atoms with E-state index in [-0.39, 0.29) is 5.91 Å². The summed E-state index contributed by atoms with van der Waals surface area (Å²) >= 11 is 0. The molecule has 0 atom stereocenters. The van der Waals surface area contributed by atoms with E-state index in [4.69, 9.17) is 4.74 Å². The van der Waals surface area contributed by atoms with Gasteiger partial charge in [-0.3, -0.25) is 9.69 Å². The Morgan fingerprint density at radius 1 is 1.07 bits per heavy atom. The summed E-state index contributed by atoms with van der Waals surface area (Å²) in [5.41, 5.74) is 6.27. The van der Waals surface area contributed by atoms with Gasteiger partial charge in [-0.15, -0.1) is 0 Å². The molecule has 0 saturated heterocycles. The van der Waals surface area contributed by atoms with Gasteiger partial charge < -0.3 is 15.4 Å². The first-order valence-corrected chi connectivity index (χ1v) is 13.8. The van der Waals surface area contributed by atoms with E-state index in [1.165, 1.54) is 18.4 Å². The number of benzene rings is 2. The minimum atomic E-state index is -0.114. The Morgan fingerprint density at radius 3 is 2.50 bits per heavy atom. The smallest absolute Gasteiger partial charge is 0.263 e. The summed E-state index contributed by atoms with van der Waals surface area (Å²) in [4.78, 5) is 15.9. The summed E-state index contributed by atoms with van der Waals surface area (Å²) in [5.74, 6) is 1.94. The van der Waals surface area contributed by atoms with E-state index in [0.29, 0.717) is 11.4 Å². The van der Waals surface area contributed by atoms with Crippen LogP contribution in [0.2, 0.25) is 0 Å². The first-order chi connectivity index (χ1) is 19.5. The molecular weight excluding hydrogens is 494 g/mol. The number of ether oxygens (including phenoxy) is 1. The average molecular weight is 534 g/mol. The standard InChI is InChI=1S/C35H39N3O2/c1-6-8-20-29(7-2)36-33-32(28-21-23-30(40-5)24-22-28)35(39)38(4)34(37-33)31(27-18-12-9-10-13-19-27)25(3)26-16-14-11-15-17-26/h6-8,11,14-18,20-24,36-37H,1,3,9-10,12-13,19H2,2,4-5H3/b20-8-,29-7+,34-31+. The van der Waals surface area contributed by atoms with E-state index in [1.807, 2.05) is 74.7 Å². The van der Waals surface area contributed by atoms with Gasteiger partial charge in [0.1, 0.15) is 17.4 Å². The lowest BCUT2D eigenvalue weighted by atomic mass is 9.89. The molecule has 2 aromatic rings. The zero-order valence-electron chi connectivity index (χ0n) is 23.8. The lowest BCUT2D eigenvalue weighted by Crippen LogP contribution is -2.44. The van der Waals surface area contributed by atoms with Crippen LogP contribution in [0.1, 0.15) is 50.2 Å². The Hall–Kier alpha value is -4.51. The predicted molar refractivity (Wildman–Crippen MR) is 166 cm³/mol. The average Bonchev–Trinajstić information content (AvgIpc) is 3.28. The third kappa shape index (κ3) is 6.37. The van der Waals surface area contributed by atoms with E-state index in [9.17, 15) is 4.79 Å². The van der Waals surface area contributed by atoms with Crippen LogP contribution >= 0.6 is 0 Å². The third-order valence-electron chi connectivity index (χ3n) is 7.24. The molecule has 2 N–H and O–H groups in total. The van der Waals surface area contributed by atoms with Crippen LogP contribution in [0.5, 0.6) is 5.75 Å². The monoisotopic (exact) mass is 533 g/mol. The highest BCUT2D eigenvalue weighted by Gasteiger charge is 2.33. The van der Waals surface area contributed by atoms with E-state index in [1.54, 1.807) is 18.1 Å². The van der Waals surface area contributed by atoms with Gasteiger partial charge in [0.15, 0.2) is 0 Å². The summed E-state index contributed by atoms with van der Waals surface area (Å²) in [5, 5.41) is 7.12. The minimum absolute atomic E-state index is 0.114. The quantitative estimate of drug-likeness (QED) is 0.328. The van der Waals surface area contributed by atoms with E-state index < -0.39 is 0 Å². The largest absolute Gasteiger partial charge is 0.497 e. The molecule has 1 aliphatic heterocycles. The van der Waals surface area contributed by atoms with Crippen molar-refractivity contribution in [1.82, 2.24) is 15.5 Å². The molecule has 0 spiro atoms. The molecule has 1 amide bonds. The second-order valence-corrected chi connectivity index (χ2v) is 9.83. The highest BCUT2D eigenvalue weighted by molar-refractivity contribution is 6.21. The second-order valence-electron chi connectivity index (χ2n) is 9.83. The van der Waals surface area contributed by atoms with Crippen LogP contribution < -0.4 is 15.4 Å². The van der Waals surface area contributed by atoms with Gasteiger partial charge in [-0.2, -0.15) is 0 Å². The van der Waals surface area contributed by atoms with Gasteiger partial charge in [-0.05, 0) is 73.1 Å². The summed E-state index contributed by atoms with van der Waals surface area (Å²) in [6, 6.07) is 17.7. The van der Waals surface area contributed by atoms with Crippen molar-refractivity contribution in [1.29, 1.82) is 0 Å². The maximum Gasteiger partial charge on any atom is 0.263 e. The SMILES string of the molecule is C=C/C=C\C(=C/C)NC1=C(c2ccc(OC)cc2)C(=O)N(C)/C(=C(\C(=C)c2ccccc2)C2=CCCCCC2)N1. The maximum atomic E-state index is 14.2. The molecule has 0 unspecified atom stereocenters. The molecule has 5 heteroatoms. The number of nitrogens with zero attached hydrogens (tertiary/aromatic N) is 1. The maximum absolute atomic E-state index is 14.2. The summed E-state index contributed by atoms with van der Waals surface area (Å²) in [7, 11) is 3.46. The molecule has 0 radical (unpaired) electrons. The number of amides is 1. The molecule has 0 fully saturated rings. The van der Waals surface area contributed by atoms with Crippen molar-refractivity contribution >= 4 is 17.1 Å². The fourth-order valence-corrected chi connectivity index (χ4v) is 5.03. The fraction of sp³-hybridized carbons (Fsp3) is 0.229. The zero-order valence-corrected chi connectivity index (χ0v) is 23.8. The Labute approximate surface area is 238 Å². The molecule has 1 heterocycles. The number of methoxy groups -OCH3 is 1. The number of allylic oxidation sites excluding steroid dienone is 8. The number of hydrogen-bond donors (Lipinski definition) is 2. The Bertz CT molecular complexity index is 1410. The zero-order chi connectivity index (χ0) is 28.5. The van der Waals surface area contributed by atoms with Crippen molar-refractivity contribution in [3.8, 4) is 5.75 Å². The lowest BCUT2D eigenvalue weighted by Gasteiger charge is -2.35. The highest BCUT2D eigenvalue weighted by Crippen LogP contribution is 2.37. The van der Waals surface area contributed by atoms with E-state index in [2.05, 4.69) is 42.0 Å². The molecule has 2 aliphatic rings. The molecule has 1 aliphatic carbocycles. The number of nitrogens with one attached hydrogen (secondary N) is 2. The molecule has 5 nitrogen and oxygen atoms in total. The molecule has 4 rings (SSSR count). The molecule has 40 heavy (non-hydrogen) atoms. The number of likely N-dealkylation sites (N-methyl/N-ethyl adjacent to an activating group) is 1. The number of rotatable bonds is 9. The normalized spacial score (nSPS) is 17.7. The minimum Gasteiger partial charge on any atom is -0.497 e. The van der Waals surface area contributed by atoms with Gasteiger partial charge in [0.05, 0.1) is 12.7 Å². The van der Waals surface area contributed by atoms with Crippen LogP contribution in [0, 0.1) is 0 Å². The summed E-state index contributed by atoms with van der Waals surface area (Å²) in [6.45, 7) is 10.3. The van der Waals surface area contributed by atoms with Crippen LogP contribution in [0.15, 0.2) is 127 Å². The molecule has 0 aromatic heterocycles. The number of carbonyl (C=O) groups excluding carboxylic acids is 1. The van der Waals surface area contributed by atoms with Crippen molar-refractivity contribution in [3.05, 3.63) is 138 Å². The van der Waals surface area contributed by atoms with Crippen LogP contribution in [0.25, 0.3) is 11.1 Å². The molecule has 206 valence electrons. The van der Waals surface area contributed by atoms with Gasteiger partial charge in [-0.1, -0.05) is 86.3 Å². The fourth-order valence-electron chi connectivity index (χ4n) is 5.03. The molecular formula is C35H39N3O2. The van der Waals surface area contributed by atoms with Crippen molar-refractivity contribution in [2.75, 3.05) is 14.2 Å². The van der Waals surface area contributed by atoms with Crippen LogP contribution in [0.4, 0.5) is 0 Å². The Morgan fingerprint density at radius 2 is 1.82 bits per heavy atom. The number of hydrogen-bond acceptors (Lipinski definition) is 4. The van der Waals surface area contributed by atoms with E-state index in [0.717, 1.165) is 58.8 Å². The van der Waals surface area contributed by atoms with Gasteiger partial charge >= 0.3 is 0 Å². The third-order valence-corrected chi connectivity index (χ3v) is 7.24. The van der Waals surface area contributed by atoms with Crippen LogP contribution in [-0.2, 0) is 4.79 Å². The Kier molecular flexibility index (Phi) is 9.63. The van der Waals surface area contributed by atoms with Gasteiger partial charge in [0.25, 0.3) is 5.91 Å². The first-order valence-electron chi connectivity index (χ1n) is 13.8. The highest BCUT2D eigenvalue weighted by atomic mass is 16.5. The predicted octanol–water partition coefficient (Wildman–Crippen LogP) is 7.48. The van der Waals surface area contributed by atoms with Crippen molar-refractivity contribution < 1.29 is 9.53 Å². The van der Waals surface area contributed by atoms with Crippen molar-refractivity contribution in [2.24, 2.45) is 0 Å².